The number of thiazole rings is 1. The fourth-order valence-electron chi connectivity index (χ4n) is 1.87. The van der Waals surface area contributed by atoms with Crippen LogP contribution >= 0.6 is 11.3 Å². The van der Waals surface area contributed by atoms with Gasteiger partial charge < -0.3 is 10.6 Å². The zero-order chi connectivity index (χ0) is 10.7. The smallest absolute Gasteiger partial charge is 0.185 e. The van der Waals surface area contributed by atoms with E-state index >= 15 is 0 Å². The number of aromatic nitrogens is 1. The van der Waals surface area contributed by atoms with Crippen LogP contribution in [0.1, 0.15) is 24.6 Å². The van der Waals surface area contributed by atoms with E-state index in [-0.39, 0.29) is 0 Å². The van der Waals surface area contributed by atoms with Crippen LogP contribution in [0.4, 0.5) is 5.13 Å². The summed E-state index contributed by atoms with van der Waals surface area (Å²) in [7, 11) is 0. The highest BCUT2D eigenvalue weighted by atomic mass is 32.1. The van der Waals surface area contributed by atoms with Crippen LogP contribution in [0.3, 0.4) is 0 Å². The fraction of sp³-hybridized carbons (Fsp3) is 0.727. The Labute approximate surface area is 95.3 Å². The number of anilines is 1. The van der Waals surface area contributed by atoms with Gasteiger partial charge in [0, 0.05) is 24.2 Å². The van der Waals surface area contributed by atoms with Gasteiger partial charge in [-0.1, -0.05) is 6.92 Å². The van der Waals surface area contributed by atoms with Crippen LogP contribution in [0.2, 0.25) is 0 Å². The van der Waals surface area contributed by atoms with E-state index in [0.29, 0.717) is 5.92 Å². The lowest BCUT2D eigenvalue weighted by Crippen LogP contribution is -2.16. The van der Waals surface area contributed by atoms with Gasteiger partial charge in [-0.15, -0.1) is 11.3 Å². The molecule has 2 rings (SSSR count). The second-order valence-electron chi connectivity index (χ2n) is 4.35. The Morgan fingerprint density at radius 1 is 1.53 bits per heavy atom. The first kappa shape index (κ1) is 10.9. The zero-order valence-corrected chi connectivity index (χ0v) is 10.1. The predicted molar refractivity (Wildman–Crippen MR) is 65.5 cm³/mol. The lowest BCUT2D eigenvalue weighted by Gasteiger charge is -2.12. The molecule has 0 amide bonds. The van der Waals surface area contributed by atoms with Gasteiger partial charge in [-0.25, -0.2) is 4.98 Å². The molecule has 1 aliphatic heterocycles. The molecule has 0 saturated carbocycles. The van der Waals surface area contributed by atoms with Gasteiger partial charge in [0.15, 0.2) is 5.13 Å². The van der Waals surface area contributed by atoms with E-state index in [4.69, 9.17) is 5.73 Å². The summed E-state index contributed by atoms with van der Waals surface area (Å²) >= 11 is 1.83. The Bertz CT molecular complexity index is 305. The highest BCUT2D eigenvalue weighted by Crippen LogP contribution is 2.27. The van der Waals surface area contributed by atoms with E-state index in [1.165, 1.54) is 35.9 Å². The molecule has 1 unspecified atom stereocenters. The normalized spacial score (nSPS) is 18.4. The first-order valence-electron chi connectivity index (χ1n) is 5.69. The number of hydrogen-bond acceptors (Lipinski definition) is 4. The Morgan fingerprint density at radius 3 is 2.93 bits per heavy atom. The van der Waals surface area contributed by atoms with Gasteiger partial charge in [-0.2, -0.15) is 0 Å². The molecule has 3 nitrogen and oxygen atoms in total. The van der Waals surface area contributed by atoms with Crippen molar-refractivity contribution in [3.05, 3.63) is 11.1 Å². The highest BCUT2D eigenvalue weighted by Gasteiger charge is 2.15. The van der Waals surface area contributed by atoms with E-state index in [0.717, 1.165) is 13.0 Å². The van der Waals surface area contributed by atoms with E-state index in [1.807, 2.05) is 17.5 Å². The number of nitrogens with two attached hydrogens (primary N) is 1. The molecular weight excluding hydrogens is 206 g/mol. The first-order valence-corrected chi connectivity index (χ1v) is 6.51. The van der Waals surface area contributed by atoms with Crippen molar-refractivity contribution >= 4 is 16.5 Å². The molecule has 0 radical (unpaired) electrons. The summed E-state index contributed by atoms with van der Waals surface area (Å²) in [6, 6.07) is 0. The third kappa shape index (κ3) is 2.69. The van der Waals surface area contributed by atoms with Crippen LogP contribution < -0.4 is 10.6 Å². The van der Waals surface area contributed by atoms with E-state index in [2.05, 4.69) is 16.8 Å². The van der Waals surface area contributed by atoms with Crippen molar-refractivity contribution in [2.75, 3.05) is 24.5 Å². The second-order valence-corrected chi connectivity index (χ2v) is 5.44. The van der Waals surface area contributed by atoms with Gasteiger partial charge >= 0.3 is 0 Å². The van der Waals surface area contributed by atoms with Gasteiger partial charge in [-0.3, -0.25) is 0 Å². The van der Waals surface area contributed by atoms with Crippen molar-refractivity contribution in [2.45, 2.75) is 26.2 Å². The van der Waals surface area contributed by atoms with Gasteiger partial charge in [0.25, 0.3) is 0 Å². The average Bonchev–Trinajstić information content (AvgIpc) is 2.85. The van der Waals surface area contributed by atoms with E-state index in [9.17, 15) is 0 Å². The molecule has 1 aliphatic rings. The standard InChI is InChI=1S/C11H19N3S/c1-9(7-12)6-10-8-13-11(15-10)14-4-2-3-5-14/h8-9H,2-7,12H2,1H3. The van der Waals surface area contributed by atoms with Crippen LogP contribution in [0.15, 0.2) is 6.20 Å². The molecule has 1 fully saturated rings. The second kappa shape index (κ2) is 4.94. The van der Waals surface area contributed by atoms with Gasteiger partial charge in [0.05, 0.1) is 0 Å². The average molecular weight is 225 g/mol. The number of hydrogen-bond donors (Lipinski definition) is 1. The lowest BCUT2D eigenvalue weighted by molar-refractivity contribution is 0.598. The molecule has 0 aromatic carbocycles. The zero-order valence-electron chi connectivity index (χ0n) is 9.28. The summed E-state index contributed by atoms with van der Waals surface area (Å²) in [5.74, 6) is 0.567. The first-order chi connectivity index (χ1) is 7.29. The maximum Gasteiger partial charge on any atom is 0.185 e. The minimum absolute atomic E-state index is 0.567. The molecule has 4 heteroatoms. The van der Waals surface area contributed by atoms with Crippen LogP contribution in [0.5, 0.6) is 0 Å². The third-order valence-corrected chi connectivity index (χ3v) is 3.95. The molecule has 1 saturated heterocycles. The molecular formula is C11H19N3S. The molecule has 1 atom stereocenters. The van der Waals surface area contributed by atoms with Crippen molar-refractivity contribution < 1.29 is 0 Å². The SMILES string of the molecule is CC(CN)Cc1cnc(N2CCCC2)s1. The molecule has 0 aliphatic carbocycles. The molecule has 2 N–H and O–H groups in total. The summed E-state index contributed by atoms with van der Waals surface area (Å²) in [6.07, 6.45) is 5.72. The van der Waals surface area contributed by atoms with Crippen LogP contribution in [0, 0.1) is 5.92 Å². The molecule has 2 heterocycles. The maximum atomic E-state index is 5.62. The third-order valence-electron chi connectivity index (χ3n) is 2.87. The minimum Gasteiger partial charge on any atom is -0.348 e. The predicted octanol–water partition coefficient (Wildman–Crippen LogP) is 1.88. The topological polar surface area (TPSA) is 42.1 Å². The van der Waals surface area contributed by atoms with Crippen molar-refractivity contribution in [3.8, 4) is 0 Å². The summed E-state index contributed by atoms with van der Waals surface area (Å²) in [4.78, 5) is 8.25. The van der Waals surface area contributed by atoms with Gasteiger partial charge in [-0.05, 0) is 31.7 Å². The van der Waals surface area contributed by atoms with Crippen LogP contribution in [-0.2, 0) is 6.42 Å². The molecule has 15 heavy (non-hydrogen) atoms. The summed E-state index contributed by atoms with van der Waals surface area (Å²) in [5.41, 5.74) is 5.62. The van der Waals surface area contributed by atoms with Crippen LogP contribution in [-0.4, -0.2) is 24.6 Å². The van der Waals surface area contributed by atoms with Crippen molar-refractivity contribution in [3.63, 3.8) is 0 Å². The van der Waals surface area contributed by atoms with Crippen molar-refractivity contribution in [2.24, 2.45) is 11.7 Å². The molecule has 1 aromatic heterocycles. The number of nitrogens with zero attached hydrogens (tertiary/aromatic N) is 2. The summed E-state index contributed by atoms with van der Waals surface area (Å²) in [5, 5.41) is 1.20. The Balaban J connectivity index is 1.97. The van der Waals surface area contributed by atoms with Gasteiger partial charge in [0.2, 0.25) is 0 Å². The van der Waals surface area contributed by atoms with E-state index in [1.54, 1.807) is 0 Å². The highest BCUT2D eigenvalue weighted by molar-refractivity contribution is 7.15. The Kier molecular flexibility index (Phi) is 3.59. The fourth-order valence-corrected chi connectivity index (χ4v) is 3.00. The monoisotopic (exact) mass is 225 g/mol. The van der Waals surface area contributed by atoms with Crippen molar-refractivity contribution in [1.82, 2.24) is 4.98 Å². The maximum absolute atomic E-state index is 5.62. The van der Waals surface area contributed by atoms with Gasteiger partial charge in [0.1, 0.15) is 0 Å². The van der Waals surface area contributed by atoms with Crippen molar-refractivity contribution in [1.29, 1.82) is 0 Å². The Hall–Kier alpha value is -0.610. The summed E-state index contributed by atoms with van der Waals surface area (Å²) in [6.45, 7) is 5.31. The molecule has 1 aromatic rings. The largest absolute Gasteiger partial charge is 0.348 e. The lowest BCUT2D eigenvalue weighted by atomic mass is 10.1. The summed E-state index contributed by atoms with van der Waals surface area (Å²) < 4.78 is 0. The Morgan fingerprint density at radius 2 is 2.27 bits per heavy atom. The quantitative estimate of drug-likeness (QED) is 0.850. The van der Waals surface area contributed by atoms with Crippen LogP contribution in [0.25, 0.3) is 0 Å². The molecule has 84 valence electrons. The number of rotatable bonds is 4. The minimum atomic E-state index is 0.567. The molecule has 0 bridgehead atoms. The molecule has 0 spiro atoms. The van der Waals surface area contributed by atoms with E-state index < -0.39 is 0 Å².